The number of anilines is 1. The predicted octanol–water partition coefficient (Wildman–Crippen LogP) is 3.50. The summed E-state index contributed by atoms with van der Waals surface area (Å²) in [5.74, 6) is -0.620. The molecule has 0 bridgehead atoms. The van der Waals surface area contributed by atoms with Gasteiger partial charge in [0.25, 0.3) is 5.91 Å². The van der Waals surface area contributed by atoms with Crippen molar-refractivity contribution in [2.75, 3.05) is 5.32 Å². The number of carbonyl (C=O) groups is 2. The van der Waals surface area contributed by atoms with E-state index >= 15 is 0 Å². The Balaban J connectivity index is 1.64. The largest absolute Gasteiger partial charge is 0.479 e. The number of ether oxygens (including phenoxy) is 2. The van der Waals surface area contributed by atoms with Gasteiger partial charge in [0.1, 0.15) is 23.2 Å². The van der Waals surface area contributed by atoms with Crippen molar-refractivity contribution < 1.29 is 23.5 Å². The molecule has 0 aromatic heterocycles. The van der Waals surface area contributed by atoms with E-state index in [1.54, 1.807) is 57.2 Å². The van der Waals surface area contributed by atoms with E-state index in [4.69, 9.17) is 15.2 Å². The third-order valence-electron chi connectivity index (χ3n) is 4.88. The number of esters is 1. The number of amides is 1. The van der Waals surface area contributed by atoms with Gasteiger partial charge in [0.05, 0.1) is 5.69 Å². The normalized spacial score (nSPS) is 17.0. The highest BCUT2D eigenvalue weighted by molar-refractivity contribution is 5.97. The van der Waals surface area contributed by atoms with Crippen molar-refractivity contribution in [1.29, 1.82) is 0 Å². The molecular formula is C22H25FN2O4. The van der Waals surface area contributed by atoms with Crippen molar-refractivity contribution in [1.82, 2.24) is 0 Å². The van der Waals surface area contributed by atoms with E-state index in [9.17, 15) is 14.0 Å². The Morgan fingerprint density at radius 3 is 2.76 bits per heavy atom. The highest BCUT2D eigenvalue weighted by Gasteiger charge is 2.29. The second kappa shape index (κ2) is 8.21. The Morgan fingerprint density at radius 1 is 1.31 bits per heavy atom. The van der Waals surface area contributed by atoms with Gasteiger partial charge in [0.15, 0.2) is 6.10 Å². The molecule has 7 heteroatoms. The smallest absolute Gasteiger partial charge is 0.328 e. The van der Waals surface area contributed by atoms with Gasteiger partial charge in [0, 0.05) is 0 Å². The molecule has 0 saturated heterocycles. The lowest BCUT2D eigenvalue weighted by Crippen LogP contribution is -2.35. The van der Waals surface area contributed by atoms with Crippen molar-refractivity contribution in [2.45, 2.75) is 51.4 Å². The standard InChI is InChI=1S/C22H25FN2O4/c1-13-20(26)25-17-12-15(8-9-18(17)28-13)19(24)21(27)29-22(2,3)11-10-14-6-4-5-7-16(14)23/h4-9,12-13,19H,10-11,24H2,1-3H3,(H,25,26). The maximum Gasteiger partial charge on any atom is 0.328 e. The van der Waals surface area contributed by atoms with Gasteiger partial charge in [-0.15, -0.1) is 0 Å². The summed E-state index contributed by atoms with van der Waals surface area (Å²) in [5.41, 5.74) is 6.80. The predicted molar refractivity (Wildman–Crippen MR) is 107 cm³/mol. The highest BCUT2D eigenvalue weighted by atomic mass is 19.1. The molecule has 0 radical (unpaired) electrons. The lowest BCUT2D eigenvalue weighted by atomic mass is 9.97. The van der Waals surface area contributed by atoms with Crippen LogP contribution in [0.4, 0.5) is 10.1 Å². The Labute approximate surface area is 169 Å². The number of halogens is 1. The minimum absolute atomic E-state index is 0.264. The molecule has 29 heavy (non-hydrogen) atoms. The molecule has 3 rings (SSSR count). The topological polar surface area (TPSA) is 90.7 Å². The first kappa shape index (κ1) is 20.8. The van der Waals surface area contributed by atoms with Gasteiger partial charge >= 0.3 is 5.97 Å². The second-order valence-electron chi connectivity index (χ2n) is 7.75. The maximum absolute atomic E-state index is 13.8. The number of hydrogen-bond acceptors (Lipinski definition) is 5. The number of carbonyl (C=O) groups excluding carboxylic acids is 2. The fourth-order valence-corrected chi connectivity index (χ4v) is 3.08. The van der Waals surface area contributed by atoms with Crippen molar-refractivity contribution in [3.8, 4) is 5.75 Å². The fraction of sp³-hybridized carbons (Fsp3) is 0.364. The number of benzene rings is 2. The second-order valence-corrected chi connectivity index (χ2v) is 7.75. The summed E-state index contributed by atoms with van der Waals surface area (Å²) in [5, 5.41) is 2.73. The number of rotatable bonds is 6. The van der Waals surface area contributed by atoms with E-state index in [0.29, 0.717) is 35.4 Å². The highest BCUT2D eigenvalue weighted by Crippen LogP contribution is 2.32. The third-order valence-corrected chi connectivity index (χ3v) is 4.88. The summed E-state index contributed by atoms with van der Waals surface area (Å²) in [7, 11) is 0. The number of nitrogens with one attached hydrogen (secondary N) is 1. The molecule has 1 heterocycles. The molecule has 0 spiro atoms. The van der Waals surface area contributed by atoms with Crippen LogP contribution in [-0.4, -0.2) is 23.6 Å². The first-order valence-corrected chi connectivity index (χ1v) is 9.49. The maximum atomic E-state index is 13.8. The quantitative estimate of drug-likeness (QED) is 0.725. The summed E-state index contributed by atoms with van der Waals surface area (Å²) >= 11 is 0. The average molecular weight is 400 g/mol. The number of nitrogens with two attached hydrogens (primary N) is 1. The Morgan fingerprint density at radius 2 is 2.03 bits per heavy atom. The van der Waals surface area contributed by atoms with E-state index in [-0.39, 0.29) is 11.7 Å². The lowest BCUT2D eigenvalue weighted by molar-refractivity contribution is -0.158. The molecule has 1 aliphatic heterocycles. The van der Waals surface area contributed by atoms with Crippen LogP contribution >= 0.6 is 0 Å². The van der Waals surface area contributed by atoms with E-state index in [2.05, 4.69) is 5.32 Å². The zero-order valence-electron chi connectivity index (χ0n) is 16.7. The van der Waals surface area contributed by atoms with Crippen LogP contribution in [0.3, 0.4) is 0 Å². The zero-order valence-corrected chi connectivity index (χ0v) is 16.7. The lowest BCUT2D eigenvalue weighted by Gasteiger charge is -2.28. The summed E-state index contributed by atoms with van der Waals surface area (Å²) < 4.78 is 24.9. The summed E-state index contributed by atoms with van der Waals surface area (Å²) in [6.45, 7) is 5.18. The third kappa shape index (κ3) is 4.92. The first-order chi connectivity index (χ1) is 13.7. The van der Waals surface area contributed by atoms with Gasteiger partial charge in [-0.1, -0.05) is 24.3 Å². The Bertz CT molecular complexity index is 929. The van der Waals surface area contributed by atoms with Gasteiger partial charge in [-0.2, -0.15) is 0 Å². The molecule has 6 nitrogen and oxygen atoms in total. The van der Waals surface area contributed by atoms with E-state index in [0.717, 1.165) is 0 Å². The van der Waals surface area contributed by atoms with Crippen LogP contribution in [0.1, 0.15) is 44.4 Å². The molecular weight excluding hydrogens is 375 g/mol. The van der Waals surface area contributed by atoms with Crippen LogP contribution in [0, 0.1) is 5.82 Å². The number of fused-ring (bicyclic) bond motifs is 1. The van der Waals surface area contributed by atoms with Gasteiger partial charge in [0.2, 0.25) is 0 Å². The zero-order chi connectivity index (χ0) is 21.2. The molecule has 1 aliphatic rings. The molecule has 2 aromatic rings. The number of hydrogen-bond donors (Lipinski definition) is 2. The van der Waals surface area contributed by atoms with Crippen LogP contribution in [0.2, 0.25) is 0 Å². The summed E-state index contributed by atoms with van der Waals surface area (Å²) in [6.07, 6.45) is 0.295. The molecule has 154 valence electrons. The van der Waals surface area contributed by atoms with Crippen molar-refractivity contribution in [2.24, 2.45) is 5.73 Å². The van der Waals surface area contributed by atoms with Crippen molar-refractivity contribution >= 4 is 17.6 Å². The SMILES string of the molecule is CC1Oc2ccc(C(N)C(=O)OC(C)(C)CCc3ccccc3F)cc2NC1=O. The minimum atomic E-state index is -1.02. The Hall–Kier alpha value is -2.93. The molecule has 2 atom stereocenters. The van der Waals surface area contributed by atoms with Crippen molar-refractivity contribution in [3.63, 3.8) is 0 Å². The van der Waals surface area contributed by atoms with Gasteiger partial charge in [-0.05, 0) is 62.9 Å². The minimum Gasteiger partial charge on any atom is -0.479 e. The van der Waals surface area contributed by atoms with Gasteiger partial charge in [-0.3, -0.25) is 4.79 Å². The van der Waals surface area contributed by atoms with Gasteiger partial charge in [-0.25, -0.2) is 9.18 Å². The molecule has 0 fully saturated rings. The van der Waals surface area contributed by atoms with Crippen molar-refractivity contribution in [3.05, 3.63) is 59.4 Å². The Kier molecular flexibility index (Phi) is 5.88. The van der Waals surface area contributed by atoms with Crippen LogP contribution in [0.15, 0.2) is 42.5 Å². The van der Waals surface area contributed by atoms with Crippen LogP contribution in [0.5, 0.6) is 5.75 Å². The first-order valence-electron chi connectivity index (χ1n) is 9.49. The molecule has 0 aliphatic carbocycles. The molecule has 2 unspecified atom stereocenters. The van der Waals surface area contributed by atoms with Crippen LogP contribution in [0.25, 0.3) is 0 Å². The number of aryl methyl sites for hydroxylation is 1. The molecule has 3 N–H and O–H groups in total. The van der Waals surface area contributed by atoms with E-state index in [1.165, 1.54) is 6.07 Å². The molecule has 1 amide bonds. The fourth-order valence-electron chi connectivity index (χ4n) is 3.08. The van der Waals surface area contributed by atoms with E-state index in [1.807, 2.05) is 0 Å². The molecule has 2 aromatic carbocycles. The van der Waals surface area contributed by atoms with Crippen LogP contribution in [-0.2, 0) is 20.7 Å². The summed E-state index contributed by atoms with van der Waals surface area (Å²) in [6, 6.07) is 10.4. The monoisotopic (exact) mass is 400 g/mol. The van der Waals surface area contributed by atoms with Crippen LogP contribution < -0.4 is 15.8 Å². The van der Waals surface area contributed by atoms with Gasteiger partial charge < -0.3 is 20.5 Å². The average Bonchev–Trinajstić information content (AvgIpc) is 2.67. The van der Waals surface area contributed by atoms with E-state index < -0.39 is 23.7 Å². The summed E-state index contributed by atoms with van der Waals surface area (Å²) in [4.78, 5) is 24.4. The molecule has 0 saturated carbocycles.